The lowest BCUT2D eigenvalue weighted by Crippen LogP contribution is -2.11. The maximum Gasteiger partial charge on any atom is 0.350 e. The molecule has 4 nitrogen and oxygen atoms in total. The van der Waals surface area contributed by atoms with Gasteiger partial charge in [-0.05, 0) is 25.1 Å². The summed E-state index contributed by atoms with van der Waals surface area (Å²) in [6, 6.07) is 6.34. The van der Waals surface area contributed by atoms with E-state index in [-0.39, 0.29) is 16.4 Å². The molecular weight excluding hydrogens is 228 g/mol. The number of rotatable bonds is 2. The van der Waals surface area contributed by atoms with Crippen LogP contribution >= 0.6 is 0 Å². The van der Waals surface area contributed by atoms with Gasteiger partial charge in [0.2, 0.25) is 9.84 Å². The van der Waals surface area contributed by atoms with E-state index >= 15 is 0 Å². The molecule has 0 N–H and O–H groups in total. The molecule has 0 aliphatic carbocycles. The highest BCUT2D eigenvalue weighted by molar-refractivity contribution is 7.96. The number of sulfone groups is 1. The highest BCUT2D eigenvalue weighted by atomic mass is 32.2. The predicted octanol–water partition coefficient (Wildman–Crippen LogP) is 1.21. The maximum absolute atomic E-state index is 12.0. The smallest absolute Gasteiger partial charge is 0.350 e. The summed E-state index contributed by atoms with van der Waals surface area (Å²) in [5, 5.41) is 0. The van der Waals surface area contributed by atoms with Crippen molar-refractivity contribution in [2.75, 3.05) is 6.61 Å². The summed E-state index contributed by atoms with van der Waals surface area (Å²) in [5.74, 6) is -0.777. The minimum absolute atomic E-state index is 0.0270. The highest BCUT2D eigenvalue weighted by Gasteiger charge is 2.31. The molecule has 0 unspecified atom stereocenters. The average molecular weight is 238 g/mol. The molecule has 0 aromatic heterocycles. The molecule has 16 heavy (non-hydrogen) atoms. The molecule has 0 saturated heterocycles. The van der Waals surface area contributed by atoms with Gasteiger partial charge in [-0.25, -0.2) is 13.2 Å². The second-order valence-electron chi connectivity index (χ2n) is 3.48. The second kappa shape index (κ2) is 3.75. The van der Waals surface area contributed by atoms with Crippen LogP contribution in [0.1, 0.15) is 5.56 Å². The maximum atomic E-state index is 12.0. The molecule has 1 aliphatic heterocycles. The largest absolute Gasteiger partial charge is 0.457 e. The number of benzene rings is 1. The summed E-state index contributed by atoms with van der Waals surface area (Å²) >= 11 is 0. The van der Waals surface area contributed by atoms with E-state index in [9.17, 15) is 13.2 Å². The predicted molar refractivity (Wildman–Crippen MR) is 57.4 cm³/mol. The minimum atomic E-state index is -3.72. The first-order valence-corrected chi connectivity index (χ1v) is 6.19. The molecule has 5 heteroatoms. The Morgan fingerprint density at radius 1 is 1.19 bits per heavy atom. The fourth-order valence-electron chi connectivity index (χ4n) is 1.41. The monoisotopic (exact) mass is 238 g/mol. The first-order valence-electron chi connectivity index (χ1n) is 4.71. The molecule has 1 aliphatic rings. The number of carbonyl (C=O) groups excluding carboxylic acids is 1. The van der Waals surface area contributed by atoms with Crippen molar-refractivity contribution < 1.29 is 17.9 Å². The van der Waals surface area contributed by atoms with Crippen LogP contribution in [0, 0.1) is 6.92 Å². The molecule has 0 fully saturated rings. The summed E-state index contributed by atoms with van der Waals surface area (Å²) in [7, 11) is -3.72. The Bertz CT molecular complexity index is 552. The fourth-order valence-corrected chi connectivity index (χ4v) is 2.73. The zero-order valence-electron chi connectivity index (χ0n) is 8.64. The first-order chi connectivity index (χ1) is 7.51. The molecule has 0 atom stereocenters. The molecule has 84 valence electrons. The van der Waals surface area contributed by atoms with Gasteiger partial charge in [-0.15, -0.1) is 0 Å². The lowest BCUT2D eigenvalue weighted by atomic mass is 10.2. The number of carbonyl (C=O) groups is 1. The fraction of sp³-hybridized carbons (Fsp3) is 0.182. The van der Waals surface area contributed by atoms with Gasteiger partial charge in [0.1, 0.15) is 6.61 Å². The summed E-state index contributed by atoms with van der Waals surface area (Å²) in [6.07, 6.45) is 1.29. The Morgan fingerprint density at radius 2 is 1.81 bits per heavy atom. The van der Waals surface area contributed by atoms with Gasteiger partial charge in [0.05, 0.1) is 4.90 Å². The van der Waals surface area contributed by atoms with Gasteiger partial charge in [-0.3, -0.25) is 0 Å². The van der Waals surface area contributed by atoms with Crippen LogP contribution in [-0.2, 0) is 19.4 Å². The number of aryl methyl sites for hydroxylation is 1. The third kappa shape index (κ3) is 1.74. The molecule has 0 spiro atoms. The second-order valence-corrected chi connectivity index (χ2v) is 5.40. The van der Waals surface area contributed by atoms with Gasteiger partial charge >= 0.3 is 5.97 Å². The van der Waals surface area contributed by atoms with E-state index in [0.29, 0.717) is 0 Å². The Hall–Kier alpha value is -1.62. The molecule has 1 heterocycles. The van der Waals surface area contributed by atoms with Crippen molar-refractivity contribution in [2.24, 2.45) is 0 Å². The molecule has 0 amide bonds. The van der Waals surface area contributed by atoms with Gasteiger partial charge in [0, 0.05) is 0 Å². The third-order valence-corrected chi connectivity index (χ3v) is 4.11. The van der Waals surface area contributed by atoms with Crippen LogP contribution < -0.4 is 0 Å². The number of ether oxygens (including phenoxy) is 1. The lowest BCUT2D eigenvalue weighted by Gasteiger charge is -2.03. The number of hydrogen-bond donors (Lipinski definition) is 0. The van der Waals surface area contributed by atoms with Crippen molar-refractivity contribution >= 4 is 15.8 Å². The van der Waals surface area contributed by atoms with Gasteiger partial charge in [0.15, 0.2) is 4.91 Å². The van der Waals surface area contributed by atoms with Crippen molar-refractivity contribution in [1.29, 1.82) is 0 Å². The Kier molecular flexibility index (Phi) is 2.55. The SMILES string of the molecule is Cc1ccc(S(=O)(=O)C2=CCOC2=O)cc1. The van der Waals surface area contributed by atoms with E-state index in [1.165, 1.54) is 18.2 Å². The zero-order valence-corrected chi connectivity index (χ0v) is 9.45. The standard InChI is InChI=1S/C11H10O4S/c1-8-2-4-9(5-3-8)16(13,14)10-6-7-15-11(10)12/h2-6H,7H2,1H3. The van der Waals surface area contributed by atoms with E-state index in [1.807, 2.05) is 6.92 Å². The van der Waals surface area contributed by atoms with E-state index in [4.69, 9.17) is 0 Å². The third-order valence-electron chi connectivity index (χ3n) is 2.31. The van der Waals surface area contributed by atoms with Crippen LogP contribution in [0.2, 0.25) is 0 Å². The van der Waals surface area contributed by atoms with Gasteiger partial charge in [-0.2, -0.15) is 0 Å². The van der Waals surface area contributed by atoms with Crippen molar-refractivity contribution in [3.05, 3.63) is 40.8 Å². The van der Waals surface area contributed by atoms with Crippen LogP contribution in [0.15, 0.2) is 40.1 Å². The molecule has 0 saturated carbocycles. The molecule has 1 aromatic carbocycles. The van der Waals surface area contributed by atoms with Crippen molar-refractivity contribution in [2.45, 2.75) is 11.8 Å². The van der Waals surface area contributed by atoms with Crippen molar-refractivity contribution in [3.63, 3.8) is 0 Å². The molecule has 2 rings (SSSR count). The van der Waals surface area contributed by atoms with Crippen LogP contribution in [0.5, 0.6) is 0 Å². The summed E-state index contributed by atoms with van der Waals surface area (Å²) in [4.78, 5) is 11.0. The van der Waals surface area contributed by atoms with E-state index in [1.54, 1.807) is 12.1 Å². The van der Waals surface area contributed by atoms with Crippen molar-refractivity contribution in [1.82, 2.24) is 0 Å². The first kappa shape index (κ1) is 10.9. The van der Waals surface area contributed by atoms with Crippen LogP contribution in [0.25, 0.3) is 0 Å². The lowest BCUT2D eigenvalue weighted by molar-refractivity contribution is -0.135. The molecular formula is C11H10O4S. The van der Waals surface area contributed by atoms with E-state index < -0.39 is 15.8 Å². The Morgan fingerprint density at radius 3 is 2.31 bits per heavy atom. The summed E-state index contributed by atoms with van der Waals surface area (Å²) < 4.78 is 28.6. The van der Waals surface area contributed by atoms with Crippen LogP contribution in [0.4, 0.5) is 0 Å². The number of esters is 1. The van der Waals surface area contributed by atoms with Gasteiger partial charge in [0.25, 0.3) is 0 Å². The topological polar surface area (TPSA) is 60.4 Å². The van der Waals surface area contributed by atoms with E-state index in [2.05, 4.69) is 4.74 Å². The molecule has 0 radical (unpaired) electrons. The quantitative estimate of drug-likeness (QED) is 0.726. The van der Waals surface area contributed by atoms with Crippen LogP contribution in [-0.4, -0.2) is 21.0 Å². The van der Waals surface area contributed by atoms with E-state index in [0.717, 1.165) is 5.56 Å². The Labute approximate surface area is 93.5 Å². The average Bonchev–Trinajstić information content (AvgIpc) is 2.66. The Balaban J connectivity index is 2.47. The van der Waals surface area contributed by atoms with Gasteiger partial charge < -0.3 is 4.74 Å². The van der Waals surface area contributed by atoms with Crippen molar-refractivity contribution in [3.8, 4) is 0 Å². The molecule has 0 bridgehead atoms. The van der Waals surface area contributed by atoms with Gasteiger partial charge in [-0.1, -0.05) is 17.7 Å². The number of cyclic esters (lactones) is 1. The summed E-state index contributed by atoms with van der Waals surface area (Å²) in [5.41, 5.74) is 0.960. The normalized spacial score (nSPS) is 15.8. The zero-order chi connectivity index (χ0) is 11.8. The highest BCUT2D eigenvalue weighted by Crippen LogP contribution is 2.23. The minimum Gasteiger partial charge on any atom is -0.457 e. The number of hydrogen-bond acceptors (Lipinski definition) is 4. The molecule has 1 aromatic rings. The van der Waals surface area contributed by atoms with Crippen LogP contribution in [0.3, 0.4) is 0 Å². The summed E-state index contributed by atoms with van der Waals surface area (Å²) in [6.45, 7) is 1.89.